The Morgan fingerprint density at radius 3 is 2.67 bits per heavy atom. The number of ether oxygens (including phenoxy) is 2. The molecule has 5 rings (SSSR count). The van der Waals surface area contributed by atoms with Crippen LogP contribution >= 0.6 is 0 Å². The third kappa shape index (κ3) is 2.39. The Morgan fingerprint density at radius 2 is 1.81 bits per heavy atom. The van der Waals surface area contributed by atoms with E-state index in [1.54, 1.807) is 23.2 Å². The molecule has 7 heteroatoms. The molecule has 1 saturated heterocycles. The number of hydrogen-bond acceptors (Lipinski definition) is 5. The van der Waals surface area contributed by atoms with Crippen molar-refractivity contribution in [2.75, 3.05) is 18.1 Å². The van der Waals surface area contributed by atoms with Gasteiger partial charge in [0.1, 0.15) is 5.65 Å². The van der Waals surface area contributed by atoms with E-state index < -0.39 is 5.79 Å². The predicted octanol–water partition coefficient (Wildman–Crippen LogP) is 1.83. The van der Waals surface area contributed by atoms with Gasteiger partial charge >= 0.3 is 0 Å². The normalized spacial score (nSPS) is 18.2. The highest BCUT2D eigenvalue weighted by molar-refractivity contribution is 6.06. The molecule has 0 aliphatic carbocycles. The minimum absolute atomic E-state index is 0.172. The Kier molecular flexibility index (Phi) is 3.60. The van der Waals surface area contributed by atoms with Crippen LogP contribution in [-0.2, 0) is 26.6 Å². The number of pyridine rings is 1. The van der Waals surface area contributed by atoms with Gasteiger partial charge in [0.15, 0.2) is 0 Å². The molecule has 1 amide bonds. The van der Waals surface area contributed by atoms with E-state index in [2.05, 4.69) is 4.98 Å². The van der Waals surface area contributed by atoms with Crippen LogP contribution in [0.4, 0.5) is 5.69 Å². The lowest BCUT2D eigenvalue weighted by atomic mass is 10.1. The number of anilines is 1. The summed E-state index contributed by atoms with van der Waals surface area (Å²) in [5, 5.41) is 0. The molecule has 2 aromatic heterocycles. The molecule has 7 nitrogen and oxygen atoms in total. The van der Waals surface area contributed by atoms with E-state index in [0.29, 0.717) is 30.1 Å². The number of nitrogens with zero attached hydrogens (tertiary/aromatic N) is 3. The maximum Gasteiger partial charge on any atom is 0.292 e. The number of amides is 1. The largest absolute Gasteiger partial charge is 0.338 e. The van der Waals surface area contributed by atoms with E-state index in [1.165, 1.54) is 10.5 Å². The van der Waals surface area contributed by atoms with Crippen LogP contribution in [0.25, 0.3) is 5.65 Å². The summed E-state index contributed by atoms with van der Waals surface area (Å²) in [6.45, 7) is 1.10. The highest BCUT2D eigenvalue weighted by atomic mass is 16.7. The fourth-order valence-electron chi connectivity index (χ4n) is 3.70. The van der Waals surface area contributed by atoms with Crippen molar-refractivity contribution in [1.29, 1.82) is 0 Å². The molecule has 136 valence electrons. The fraction of sp³-hybridized carbons (Fsp3) is 0.250. The summed E-state index contributed by atoms with van der Waals surface area (Å²) < 4.78 is 13.1. The first kappa shape index (κ1) is 16.2. The fourth-order valence-corrected chi connectivity index (χ4v) is 3.70. The van der Waals surface area contributed by atoms with E-state index in [0.717, 1.165) is 12.1 Å². The van der Waals surface area contributed by atoms with Gasteiger partial charge in [-0.1, -0.05) is 24.3 Å². The molecule has 4 heterocycles. The van der Waals surface area contributed by atoms with Crippen molar-refractivity contribution >= 4 is 17.2 Å². The molecule has 1 fully saturated rings. The molecular weight excluding hydrogens is 346 g/mol. The molecule has 0 saturated carbocycles. The first-order valence-electron chi connectivity index (χ1n) is 8.86. The summed E-state index contributed by atoms with van der Waals surface area (Å²) >= 11 is 0. The number of hydrogen-bond donors (Lipinski definition) is 0. The standard InChI is InChI=1S/C20H17N3O4/c24-18-12-14(21-17-8-3-4-9-22(17)18)13-23-16-7-2-1-6-15(16)20(19(23)25)26-10-5-11-27-20/h1-4,6-9,12H,5,10-11,13H2. The Morgan fingerprint density at radius 1 is 1.04 bits per heavy atom. The van der Waals surface area contributed by atoms with Crippen LogP contribution in [0.15, 0.2) is 59.5 Å². The summed E-state index contributed by atoms with van der Waals surface area (Å²) in [4.78, 5) is 31.7. The molecule has 0 atom stereocenters. The van der Waals surface area contributed by atoms with Gasteiger partial charge in [0, 0.05) is 17.8 Å². The molecule has 27 heavy (non-hydrogen) atoms. The number of carbonyl (C=O) groups excluding carboxylic acids is 1. The average Bonchev–Trinajstić information content (AvgIpc) is 2.92. The zero-order valence-electron chi connectivity index (χ0n) is 14.5. The average molecular weight is 363 g/mol. The van der Waals surface area contributed by atoms with Crippen LogP contribution in [0, 0.1) is 0 Å². The summed E-state index contributed by atoms with van der Waals surface area (Å²) in [6, 6.07) is 14.2. The quantitative estimate of drug-likeness (QED) is 0.695. The summed E-state index contributed by atoms with van der Waals surface area (Å²) in [6.07, 6.45) is 2.42. The Labute approximate surface area is 154 Å². The van der Waals surface area contributed by atoms with Gasteiger partial charge in [0.25, 0.3) is 17.3 Å². The first-order valence-corrected chi connectivity index (χ1v) is 8.86. The molecule has 0 N–H and O–H groups in total. The SMILES string of the molecule is O=C1N(Cc2cc(=O)n3ccccc3n2)c2ccccc2C12OCCCO2. The molecule has 3 aromatic rings. The molecule has 0 unspecified atom stereocenters. The Balaban J connectivity index is 1.58. The van der Waals surface area contributed by atoms with E-state index in [-0.39, 0.29) is 18.0 Å². The van der Waals surface area contributed by atoms with Crippen molar-refractivity contribution in [3.8, 4) is 0 Å². The minimum atomic E-state index is -1.39. The van der Waals surface area contributed by atoms with Gasteiger partial charge in [-0.2, -0.15) is 0 Å². The van der Waals surface area contributed by atoms with Crippen molar-refractivity contribution in [2.45, 2.75) is 18.8 Å². The highest BCUT2D eigenvalue weighted by Crippen LogP contribution is 2.45. The van der Waals surface area contributed by atoms with Gasteiger partial charge in [-0.05, 0) is 24.6 Å². The topological polar surface area (TPSA) is 73.1 Å². The Hall–Kier alpha value is -3.03. The van der Waals surface area contributed by atoms with E-state index >= 15 is 0 Å². The number of aromatic nitrogens is 2. The molecule has 0 radical (unpaired) electrons. The predicted molar refractivity (Wildman–Crippen MR) is 97.3 cm³/mol. The number of para-hydroxylation sites is 1. The number of rotatable bonds is 2. The van der Waals surface area contributed by atoms with Crippen molar-refractivity contribution in [2.24, 2.45) is 0 Å². The minimum Gasteiger partial charge on any atom is -0.338 e. The number of benzene rings is 1. The van der Waals surface area contributed by atoms with Crippen molar-refractivity contribution < 1.29 is 14.3 Å². The second kappa shape index (κ2) is 6.00. The maximum atomic E-state index is 13.3. The molecule has 1 spiro atoms. The summed E-state index contributed by atoms with van der Waals surface area (Å²) in [5.41, 5.74) is 2.30. The first-order chi connectivity index (χ1) is 13.2. The van der Waals surface area contributed by atoms with Crippen molar-refractivity contribution in [3.05, 3.63) is 76.3 Å². The lowest BCUT2D eigenvalue weighted by Crippen LogP contribution is -2.47. The molecule has 2 aliphatic rings. The van der Waals surface area contributed by atoms with Crippen molar-refractivity contribution in [1.82, 2.24) is 9.38 Å². The zero-order chi connectivity index (χ0) is 18.4. The molecule has 1 aromatic carbocycles. The number of carbonyl (C=O) groups is 1. The monoisotopic (exact) mass is 363 g/mol. The van der Waals surface area contributed by atoms with Gasteiger partial charge in [-0.25, -0.2) is 4.98 Å². The van der Waals surface area contributed by atoms with Crippen LogP contribution in [0.3, 0.4) is 0 Å². The highest BCUT2D eigenvalue weighted by Gasteiger charge is 2.54. The summed E-state index contributed by atoms with van der Waals surface area (Å²) in [5.74, 6) is -1.67. The van der Waals surface area contributed by atoms with Gasteiger partial charge in [0.2, 0.25) is 0 Å². The zero-order valence-corrected chi connectivity index (χ0v) is 14.5. The third-order valence-electron chi connectivity index (χ3n) is 4.92. The van der Waals surface area contributed by atoms with Gasteiger partial charge in [-0.15, -0.1) is 0 Å². The molecule has 2 aliphatic heterocycles. The van der Waals surface area contributed by atoms with Gasteiger partial charge < -0.3 is 14.4 Å². The second-order valence-corrected chi connectivity index (χ2v) is 6.59. The maximum absolute atomic E-state index is 13.3. The van der Waals surface area contributed by atoms with Crippen LogP contribution in [0.1, 0.15) is 17.7 Å². The van der Waals surface area contributed by atoms with E-state index in [4.69, 9.17) is 9.47 Å². The van der Waals surface area contributed by atoms with Gasteiger partial charge in [-0.3, -0.25) is 14.0 Å². The van der Waals surface area contributed by atoms with Crippen LogP contribution in [-0.4, -0.2) is 28.5 Å². The van der Waals surface area contributed by atoms with Crippen LogP contribution in [0.2, 0.25) is 0 Å². The number of fused-ring (bicyclic) bond motifs is 3. The lowest BCUT2D eigenvalue weighted by molar-refractivity contribution is -0.256. The van der Waals surface area contributed by atoms with E-state index in [9.17, 15) is 9.59 Å². The summed E-state index contributed by atoms with van der Waals surface area (Å²) in [7, 11) is 0. The van der Waals surface area contributed by atoms with E-state index in [1.807, 2.05) is 30.3 Å². The molecule has 0 bridgehead atoms. The second-order valence-electron chi connectivity index (χ2n) is 6.59. The molecular formula is C20H17N3O4. The van der Waals surface area contributed by atoms with Crippen molar-refractivity contribution in [3.63, 3.8) is 0 Å². The Bertz CT molecular complexity index is 1100. The lowest BCUT2D eigenvalue weighted by Gasteiger charge is -2.32. The van der Waals surface area contributed by atoms with Crippen LogP contribution < -0.4 is 10.5 Å². The van der Waals surface area contributed by atoms with Crippen LogP contribution in [0.5, 0.6) is 0 Å². The smallest absolute Gasteiger partial charge is 0.292 e. The van der Waals surface area contributed by atoms with Gasteiger partial charge in [0.05, 0.1) is 31.1 Å². The third-order valence-corrected chi connectivity index (χ3v) is 4.92.